The Morgan fingerprint density at radius 1 is 0.923 bits per heavy atom. The minimum Gasteiger partial charge on any atom is -0.359 e. The fourth-order valence-electron chi connectivity index (χ4n) is 4.51. The third-order valence-corrected chi connectivity index (χ3v) is 6.53. The number of benzene rings is 2. The Morgan fingerprint density at radius 2 is 1.69 bits per heavy atom. The first-order valence-corrected chi connectivity index (χ1v) is 12.6. The van der Waals surface area contributed by atoms with Gasteiger partial charge in [0.15, 0.2) is 5.76 Å². The molecule has 5 rings (SSSR count). The standard InChI is InChI=1S/C31H29N5O3/c1-18-13-19(2)28-24(14-18)25(16-26(34-28)22-7-6-12-32-17-22)30(38)33-23-10-8-21(9-11-23)29(37)35-31(4,5)27-15-20(3)36-39-27/h6-17H,1-5H3,(H,33,38)(H,35,37). The van der Waals surface area contributed by atoms with Crippen molar-refractivity contribution in [1.29, 1.82) is 0 Å². The average Bonchev–Trinajstić information content (AvgIpc) is 3.36. The topological polar surface area (TPSA) is 110 Å². The summed E-state index contributed by atoms with van der Waals surface area (Å²) >= 11 is 0. The van der Waals surface area contributed by atoms with Gasteiger partial charge in [-0.15, -0.1) is 0 Å². The molecule has 196 valence electrons. The van der Waals surface area contributed by atoms with Crippen LogP contribution in [0.25, 0.3) is 22.2 Å². The van der Waals surface area contributed by atoms with Crippen molar-refractivity contribution in [2.75, 3.05) is 5.32 Å². The van der Waals surface area contributed by atoms with Crippen molar-refractivity contribution in [3.63, 3.8) is 0 Å². The van der Waals surface area contributed by atoms with E-state index in [4.69, 9.17) is 9.51 Å². The lowest BCUT2D eigenvalue weighted by Crippen LogP contribution is -2.40. The Hall–Kier alpha value is -4.85. The number of hydrogen-bond acceptors (Lipinski definition) is 6. The summed E-state index contributed by atoms with van der Waals surface area (Å²) in [6.07, 6.45) is 3.43. The number of amides is 2. The number of nitrogens with zero attached hydrogens (tertiary/aromatic N) is 3. The number of carbonyl (C=O) groups is 2. The average molecular weight is 520 g/mol. The molecule has 2 amide bonds. The van der Waals surface area contributed by atoms with Crippen molar-refractivity contribution in [3.05, 3.63) is 107 Å². The third-order valence-electron chi connectivity index (χ3n) is 6.53. The molecule has 3 aromatic heterocycles. The molecule has 8 nitrogen and oxygen atoms in total. The molecule has 2 aromatic carbocycles. The number of pyridine rings is 2. The van der Waals surface area contributed by atoms with Gasteiger partial charge in [-0.3, -0.25) is 14.6 Å². The van der Waals surface area contributed by atoms with Crippen molar-refractivity contribution < 1.29 is 14.1 Å². The molecule has 2 N–H and O–H groups in total. The van der Waals surface area contributed by atoms with Gasteiger partial charge < -0.3 is 15.2 Å². The Morgan fingerprint density at radius 3 is 2.36 bits per heavy atom. The maximum absolute atomic E-state index is 13.5. The van der Waals surface area contributed by atoms with Crippen LogP contribution in [-0.2, 0) is 5.54 Å². The summed E-state index contributed by atoms with van der Waals surface area (Å²) in [5.74, 6) is 0.0358. The van der Waals surface area contributed by atoms with Gasteiger partial charge in [-0.25, -0.2) is 4.98 Å². The van der Waals surface area contributed by atoms with E-state index >= 15 is 0 Å². The van der Waals surface area contributed by atoms with Crippen molar-refractivity contribution in [1.82, 2.24) is 20.4 Å². The molecule has 0 spiro atoms. The van der Waals surface area contributed by atoms with E-state index in [1.165, 1.54) is 0 Å². The van der Waals surface area contributed by atoms with E-state index in [9.17, 15) is 9.59 Å². The van der Waals surface area contributed by atoms with E-state index in [1.54, 1.807) is 48.8 Å². The second kappa shape index (κ2) is 10.1. The van der Waals surface area contributed by atoms with Crippen molar-refractivity contribution in [3.8, 4) is 11.3 Å². The number of carbonyl (C=O) groups excluding carboxylic acids is 2. The molecule has 3 heterocycles. The highest BCUT2D eigenvalue weighted by molar-refractivity contribution is 6.13. The number of aryl methyl sites for hydroxylation is 3. The first kappa shape index (κ1) is 25.8. The molecule has 0 unspecified atom stereocenters. The van der Waals surface area contributed by atoms with Crippen LogP contribution in [0.1, 0.15) is 57.1 Å². The highest BCUT2D eigenvalue weighted by atomic mass is 16.5. The van der Waals surface area contributed by atoms with Gasteiger partial charge in [-0.05, 0) is 88.7 Å². The molecular weight excluding hydrogens is 490 g/mol. The molecule has 0 aliphatic rings. The van der Waals surface area contributed by atoms with Crippen LogP contribution in [0, 0.1) is 20.8 Å². The largest absolute Gasteiger partial charge is 0.359 e. The summed E-state index contributed by atoms with van der Waals surface area (Å²) in [4.78, 5) is 35.5. The van der Waals surface area contributed by atoms with Crippen LogP contribution in [0.2, 0.25) is 0 Å². The first-order valence-electron chi connectivity index (χ1n) is 12.6. The van der Waals surface area contributed by atoms with Crippen molar-refractivity contribution in [2.45, 2.75) is 40.2 Å². The Labute approximate surface area is 226 Å². The summed E-state index contributed by atoms with van der Waals surface area (Å²) in [5, 5.41) is 10.6. The monoisotopic (exact) mass is 519 g/mol. The molecular formula is C31H29N5O3. The number of nitrogens with one attached hydrogen (secondary N) is 2. The quantitative estimate of drug-likeness (QED) is 0.279. The fraction of sp³-hybridized carbons (Fsp3) is 0.194. The minimum absolute atomic E-state index is 0.265. The van der Waals surface area contributed by atoms with Crippen molar-refractivity contribution in [2.24, 2.45) is 0 Å². The van der Waals surface area contributed by atoms with Gasteiger partial charge in [0, 0.05) is 40.7 Å². The summed E-state index contributed by atoms with van der Waals surface area (Å²) in [6.45, 7) is 9.52. The second-order valence-corrected chi connectivity index (χ2v) is 10.2. The smallest absolute Gasteiger partial charge is 0.256 e. The fourth-order valence-corrected chi connectivity index (χ4v) is 4.51. The number of aromatic nitrogens is 3. The lowest BCUT2D eigenvalue weighted by Gasteiger charge is -2.23. The molecule has 0 atom stereocenters. The van der Waals surface area contributed by atoms with Gasteiger partial charge in [0.05, 0.1) is 28.0 Å². The molecule has 8 heteroatoms. The zero-order valence-corrected chi connectivity index (χ0v) is 22.5. The molecule has 0 saturated carbocycles. The van der Waals surface area contributed by atoms with Gasteiger partial charge in [-0.2, -0.15) is 0 Å². The van der Waals surface area contributed by atoms with Gasteiger partial charge in [0.2, 0.25) is 0 Å². The molecule has 0 radical (unpaired) electrons. The molecule has 0 bridgehead atoms. The number of hydrogen-bond donors (Lipinski definition) is 2. The van der Waals surface area contributed by atoms with Crippen LogP contribution >= 0.6 is 0 Å². The highest BCUT2D eigenvalue weighted by Gasteiger charge is 2.28. The van der Waals surface area contributed by atoms with Crippen LogP contribution in [0.3, 0.4) is 0 Å². The predicted molar refractivity (Wildman–Crippen MR) is 151 cm³/mol. The van der Waals surface area contributed by atoms with Crippen LogP contribution in [0.5, 0.6) is 0 Å². The first-order chi connectivity index (χ1) is 18.6. The summed E-state index contributed by atoms with van der Waals surface area (Å²) in [7, 11) is 0. The van der Waals surface area contributed by atoms with E-state index in [0.29, 0.717) is 28.3 Å². The van der Waals surface area contributed by atoms with Gasteiger partial charge >= 0.3 is 0 Å². The van der Waals surface area contributed by atoms with E-state index in [0.717, 1.165) is 33.3 Å². The van der Waals surface area contributed by atoms with Crippen LogP contribution in [-0.4, -0.2) is 26.9 Å². The molecule has 0 aliphatic carbocycles. The lowest BCUT2D eigenvalue weighted by molar-refractivity contribution is 0.0897. The second-order valence-electron chi connectivity index (χ2n) is 10.2. The van der Waals surface area contributed by atoms with E-state index in [1.807, 2.05) is 52.8 Å². The van der Waals surface area contributed by atoms with Crippen LogP contribution < -0.4 is 10.6 Å². The number of fused-ring (bicyclic) bond motifs is 1. The summed E-state index contributed by atoms with van der Waals surface area (Å²) in [6, 6.07) is 18.1. The SMILES string of the molecule is Cc1cc(C)c2nc(-c3cccnc3)cc(C(=O)Nc3ccc(C(=O)NC(C)(C)c4cc(C)no4)cc3)c2c1. The van der Waals surface area contributed by atoms with Crippen LogP contribution in [0.15, 0.2) is 77.6 Å². The normalized spacial score (nSPS) is 11.4. The molecule has 0 saturated heterocycles. The van der Waals surface area contributed by atoms with E-state index < -0.39 is 5.54 Å². The molecule has 5 aromatic rings. The van der Waals surface area contributed by atoms with Gasteiger partial charge in [-0.1, -0.05) is 16.8 Å². The highest BCUT2D eigenvalue weighted by Crippen LogP contribution is 2.28. The van der Waals surface area contributed by atoms with Crippen LogP contribution in [0.4, 0.5) is 5.69 Å². The predicted octanol–water partition coefficient (Wildman–Crippen LogP) is 6.13. The maximum Gasteiger partial charge on any atom is 0.256 e. The molecule has 0 fully saturated rings. The van der Waals surface area contributed by atoms with Gasteiger partial charge in [0.25, 0.3) is 11.8 Å². The molecule has 39 heavy (non-hydrogen) atoms. The zero-order chi connectivity index (χ0) is 27.7. The maximum atomic E-state index is 13.5. The lowest BCUT2D eigenvalue weighted by atomic mass is 9.99. The summed E-state index contributed by atoms with van der Waals surface area (Å²) < 4.78 is 5.33. The third kappa shape index (κ3) is 5.40. The van der Waals surface area contributed by atoms with Crippen molar-refractivity contribution >= 4 is 28.4 Å². The minimum atomic E-state index is -0.740. The van der Waals surface area contributed by atoms with E-state index in [-0.39, 0.29) is 11.8 Å². The number of rotatable bonds is 6. The number of anilines is 1. The Kier molecular flexibility index (Phi) is 6.70. The Bertz CT molecular complexity index is 1690. The summed E-state index contributed by atoms with van der Waals surface area (Å²) in [5.41, 5.74) is 5.84. The zero-order valence-electron chi connectivity index (χ0n) is 22.5. The Balaban J connectivity index is 1.40. The molecule has 0 aliphatic heterocycles. The van der Waals surface area contributed by atoms with Gasteiger partial charge in [0.1, 0.15) is 0 Å². The van der Waals surface area contributed by atoms with E-state index in [2.05, 4.69) is 26.8 Å².